The molecule has 1 aliphatic heterocycles. The van der Waals surface area contributed by atoms with Crippen molar-refractivity contribution in [2.24, 2.45) is 0 Å². The third-order valence-corrected chi connectivity index (χ3v) is 3.08. The topological polar surface area (TPSA) is 57.5 Å². The van der Waals surface area contributed by atoms with Crippen molar-refractivity contribution in [3.05, 3.63) is 17.7 Å². The molecule has 0 aromatic heterocycles. The Hall–Kier alpha value is -1.16. The number of phenols is 2. The van der Waals surface area contributed by atoms with Crippen molar-refractivity contribution < 1.29 is 15.0 Å². The van der Waals surface area contributed by atoms with Gasteiger partial charge < -0.3 is 10.2 Å². The maximum absolute atomic E-state index is 11.4. The lowest BCUT2D eigenvalue weighted by atomic mass is 10.1. The molecular formula is C9H8O3S. The van der Waals surface area contributed by atoms with E-state index in [1.54, 1.807) is 0 Å². The van der Waals surface area contributed by atoms with Crippen molar-refractivity contribution in [1.29, 1.82) is 0 Å². The van der Waals surface area contributed by atoms with Crippen LogP contribution in [0.1, 0.15) is 16.8 Å². The van der Waals surface area contributed by atoms with E-state index in [0.717, 1.165) is 0 Å². The number of fused-ring (bicyclic) bond motifs is 1. The van der Waals surface area contributed by atoms with Gasteiger partial charge in [-0.25, -0.2) is 0 Å². The molecule has 1 aromatic carbocycles. The van der Waals surface area contributed by atoms with Gasteiger partial charge in [0.05, 0.1) is 10.5 Å². The second-order valence-electron chi connectivity index (χ2n) is 2.83. The zero-order chi connectivity index (χ0) is 9.42. The van der Waals surface area contributed by atoms with E-state index in [9.17, 15) is 15.0 Å². The van der Waals surface area contributed by atoms with E-state index in [-0.39, 0.29) is 22.8 Å². The summed E-state index contributed by atoms with van der Waals surface area (Å²) >= 11 is 1.40. The van der Waals surface area contributed by atoms with Gasteiger partial charge in [0.1, 0.15) is 11.5 Å². The summed E-state index contributed by atoms with van der Waals surface area (Å²) in [6.07, 6.45) is 0.425. The normalized spacial score (nSPS) is 15.5. The second kappa shape index (κ2) is 2.96. The first-order valence-corrected chi connectivity index (χ1v) is 4.89. The molecule has 2 N–H and O–H groups in total. The van der Waals surface area contributed by atoms with E-state index >= 15 is 0 Å². The van der Waals surface area contributed by atoms with Crippen molar-refractivity contribution >= 4 is 17.5 Å². The number of phenolic OH excluding ortho intramolecular Hbond substituents is 2. The van der Waals surface area contributed by atoms with Crippen LogP contribution in [0.4, 0.5) is 0 Å². The molecule has 1 aliphatic rings. The van der Waals surface area contributed by atoms with E-state index in [4.69, 9.17) is 0 Å². The number of aromatic hydroxyl groups is 2. The number of Topliss-reactive ketones (excluding diaryl/α,β-unsaturated/α-hetero) is 1. The summed E-state index contributed by atoms with van der Waals surface area (Å²) in [4.78, 5) is 11.9. The SMILES string of the molecule is O=C1CCSc2c(O)ccc(O)c21. The van der Waals surface area contributed by atoms with Gasteiger partial charge in [-0.05, 0) is 12.1 Å². The Labute approximate surface area is 79.4 Å². The molecule has 2 rings (SSSR count). The molecule has 0 radical (unpaired) electrons. The Balaban J connectivity index is 2.67. The summed E-state index contributed by atoms with van der Waals surface area (Å²) in [5, 5.41) is 18.8. The largest absolute Gasteiger partial charge is 0.507 e. The molecule has 0 unspecified atom stereocenters. The van der Waals surface area contributed by atoms with Crippen LogP contribution in [0.15, 0.2) is 17.0 Å². The Bertz CT molecular complexity index is 373. The fourth-order valence-electron chi connectivity index (χ4n) is 1.35. The zero-order valence-electron chi connectivity index (χ0n) is 6.78. The van der Waals surface area contributed by atoms with Crippen molar-refractivity contribution in [3.8, 4) is 11.5 Å². The molecule has 0 amide bonds. The minimum absolute atomic E-state index is 0.0370. The number of ketones is 1. The predicted octanol–water partition coefficient (Wildman–Crippen LogP) is 1.78. The van der Waals surface area contributed by atoms with Gasteiger partial charge in [-0.1, -0.05) is 0 Å². The third kappa shape index (κ3) is 1.27. The molecule has 13 heavy (non-hydrogen) atoms. The minimum atomic E-state index is -0.0952. The molecule has 0 fully saturated rings. The maximum atomic E-state index is 11.4. The molecule has 0 spiro atoms. The lowest BCUT2D eigenvalue weighted by molar-refractivity contribution is 0.0981. The van der Waals surface area contributed by atoms with Crippen molar-refractivity contribution in [2.45, 2.75) is 11.3 Å². The number of benzene rings is 1. The van der Waals surface area contributed by atoms with Crippen LogP contribution in [-0.2, 0) is 0 Å². The van der Waals surface area contributed by atoms with E-state index in [1.807, 2.05) is 0 Å². The fourth-order valence-corrected chi connectivity index (χ4v) is 2.42. The monoisotopic (exact) mass is 196 g/mol. The quantitative estimate of drug-likeness (QED) is 0.621. The van der Waals surface area contributed by atoms with Crippen LogP contribution in [0.3, 0.4) is 0 Å². The smallest absolute Gasteiger partial charge is 0.168 e. The lowest BCUT2D eigenvalue weighted by Crippen LogP contribution is -2.08. The predicted molar refractivity (Wildman–Crippen MR) is 49.4 cm³/mol. The minimum Gasteiger partial charge on any atom is -0.507 e. The summed E-state index contributed by atoms with van der Waals surface area (Å²) < 4.78 is 0. The van der Waals surface area contributed by atoms with Crippen LogP contribution in [0.25, 0.3) is 0 Å². The van der Waals surface area contributed by atoms with Crippen molar-refractivity contribution in [3.63, 3.8) is 0 Å². The zero-order valence-corrected chi connectivity index (χ0v) is 7.60. The summed E-state index contributed by atoms with van der Waals surface area (Å²) in [6, 6.07) is 2.75. The molecule has 0 bridgehead atoms. The van der Waals surface area contributed by atoms with Gasteiger partial charge in [0.2, 0.25) is 0 Å². The van der Waals surface area contributed by atoms with Crippen LogP contribution in [0.5, 0.6) is 11.5 Å². The van der Waals surface area contributed by atoms with Crippen LogP contribution < -0.4 is 0 Å². The fraction of sp³-hybridized carbons (Fsp3) is 0.222. The molecule has 68 valence electrons. The first-order valence-electron chi connectivity index (χ1n) is 3.91. The molecule has 3 nitrogen and oxygen atoms in total. The maximum Gasteiger partial charge on any atom is 0.168 e. The highest BCUT2D eigenvalue weighted by molar-refractivity contribution is 7.99. The number of carbonyl (C=O) groups is 1. The molecular weight excluding hydrogens is 188 g/mol. The van der Waals surface area contributed by atoms with Crippen molar-refractivity contribution in [1.82, 2.24) is 0 Å². The highest BCUT2D eigenvalue weighted by Gasteiger charge is 2.23. The summed E-state index contributed by atoms with van der Waals surface area (Å²) in [6.45, 7) is 0. The second-order valence-corrected chi connectivity index (χ2v) is 3.93. The van der Waals surface area contributed by atoms with Crippen LogP contribution in [0.2, 0.25) is 0 Å². The first kappa shape index (κ1) is 8.44. The van der Waals surface area contributed by atoms with Crippen LogP contribution >= 0.6 is 11.8 Å². The molecule has 0 atom stereocenters. The summed E-state index contributed by atoms with van der Waals surface area (Å²) in [5.74, 6) is 0.612. The summed E-state index contributed by atoms with van der Waals surface area (Å²) in [5.41, 5.74) is 0.274. The van der Waals surface area contributed by atoms with Gasteiger partial charge in [-0.2, -0.15) is 0 Å². The van der Waals surface area contributed by atoms with E-state index in [2.05, 4.69) is 0 Å². The number of hydrogen-bond donors (Lipinski definition) is 2. The highest BCUT2D eigenvalue weighted by Crippen LogP contribution is 2.40. The molecule has 1 aromatic rings. The van der Waals surface area contributed by atoms with Gasteiger partial charge in [0, 0.05) is 12.2 Å². The number of carbonyl (C=O) groups excluding carboxylic acids is 1. The summed E-state index contributed by atoms with van der Waals surface area (Å²) in [7, 11) is 0. The molecule has 0 saturated heterocycles. The Morgan fingerprint density at radius 2 is 1.92 bits per heavy atom. The van der Waals surface area contributed by atoms with Gasteiger partial charge in [-0.15, -0.1) is 11.8 Å². The standard InChI is InChI=1S/C9H8O3S/c10-5-1-2-7(12)9-8(5)6(11)3-4-13-9/h1-2,10,12H,3-4H2. The van der Waals surface area contributed by atoms with Crippen molar-refractivity contribution in [2.75, 3.05) is 5.75 Å². The van der Waals surface area contributed by atoms with E-state index in [0.29, 0.717) is 17.1 Å². The van der Waals surface area contributed by atoms with Gasteiger partial charge >= 0.3 is 0 Å². The van der Waals surface area contributed by atoms with Gasteiger partial charge in [-0.3, -0.25) is 4.79 Å². The van der Waals surface area contributed by atoms with Gasteiger partial charge in [0.15, 0.2) is 5.78 Å². The van der Waals surface area contributed by atoms with Crippen LogP contribution in [0, 0.1) is 0 Å². The van der Waals surface area contributed by atoms with E-state index < -0.39 is 0 Å². The number of hydrogen-bond acceptors (Lipinski definition) is 4. The molecule has 4 heteroatoms. The third-order valence-electron chi connectivity index (χ3n) is 1.97. The highest BCUT2D eigenvalue weighted by atomic mass is 32.2. The Morgan fingerprint density at radius 1 is 1.23 bits per heavy atom. The number of rotatable bonds is 0. The average molecular weight is 196 g/mol. The average Bonchev–Trinajstić information content (AvgIpc) is 2.12. The number of thioether (sulfide) groups is 1. The molecule has 0 saturated carbocycles. The molecule has 0 aliphatic carbocycles. The van der Waals surface area contributed by atoms with Gasteiger partial charge in [0.25, 0.3) is 0 Å². The molecule has 1 heterocycles. The lowest BCUT2D eigenvalue weighted by Gasteiger charge is -2.15. The Morgan fingerprint density at radius 3 is 2.62 bits per heavy atom. The first-order chi connectivity index (χ1) is 6.20. The van der Waals surface area contributed by atoms with E-state index in [1.165, 1.54) is 23.9 Å². The van der Waals surface area contributed by atoms with Crippen LogP contribution in [-0.4, -0.2) is 21.7 Å². The Kier molecular flexibility index (Phi) is 1.92.